The quantitative estimate of drug-likeness (QED) is 0.452. The lowest BCUT2D eigenvalue weighted by atomic mass is 10.1. The zero-order chi connectivity index (χ0) is 19.5. The first-order chi connectivity index (χ1) is 13.7. The van der Waals surface area contributed by atoms with Crippen LogP contribution >= 0.6 is 11.3 Å². The van der Waals surface area contributed by atoms with Crippen LogP contribution in [0.1, 0.15) is 26.5 Å². The van der Waals surface area contributed by atoms with E-state index in [1.54, 1.807) is 18.3 Å². The van der Waals surface area contributed by atoms with E-state index in [1.807, 2.05) is 43.3 Å². The van der Waals surface area contributed by atoms with Gasteiger partial charge in [0.15, 0.2) is 11.4 Å². The molecule has 0 bridgehead atoms. The summed E-state index contributed by atoms with van der Waals surface area (Å²) in [5, 5.41) is 10.9. The van der Waals surface area contributed by atoms with Crippen LogP contribution in [-0.2, 0) is 6.54 Å². The predicted molar refractivity (Wildman–Crippen MR) is 111 cm³/mol. The third-order valence-corrected chi connectivity index (χ3v) is 5.49. The Labute approximate surface area is 166 Å². The van der Waals surface area contributed by atoms with Crippen LogP contribution < -0.4 is 4.90 Å². The van der Waals surface area contributed by atoms with Gasteiger partial charge in [-0.3, -0.25) is 9.78 Å². The lowest BCUT2D eigenvalue weighted by Crippen LogP contribution is -2.16. The number of fused-ring (bicyclic) bond motifs is 1. The Balaban J connectivity index is 1.76. The van der Waals surface area contributed by atoms with Crippen molar-refractivity contribution in [1.82, 2.24) is 9.97 Å². The number of nitrogens with zero attached hydrogens (tertiary/aromatic N) is 4. The van der Waals surface area contributed by atoms with Gasteiger partial charge in [0.05, 0.1) is 23.7 Å². The summed E-state index contributed by atoms with van der Waals surface area (Å²) in [6, 6.07) is 19.6. The Kier molecular flexibility index (Phi) is 4.83. The Bertz CT molecular complexity index is 1190. The van der Waals surface area contributed by atoms with Crippen LogP contribution in [0.4, 0.5) is 10.8 Å². The van der Waals surface area contributed by atoms with Crippen LogP contribution in [0.5, 0.6) is 0 Å². The normalized spacial score (nSPS) is 10.6. The molecule has 0 saturated heterocycles. The number of benzene rings is 2. The summed E-state index contributed by atoms with van der Waals surface area (Å²) in [4.78, 5) is 23.1. The molecule has 0 aliphatic rings. The standard InChI is InChI=1S/C22H16N4OS/c1-15-21(14-27)25-22(28-15)26(19-7-4-16(12-23)5-8-19)13-17-6-9-20-18(11-17)3-2-10-24-20/h2-11,14H,13H2,1H3. The molecule has 136 valence electrons. The minimum absolute atomic E-state index is 0.460. The molecule has 2 aromatic carbocycles. The molecule has 2 aromatic heterocycles. The zero-order valence-electron chi connectivity index (χ0n) is 15.2. The molecule has 0 saturated carbocycles. The number of aromatic nitrogens is 2. The monoisotopic (exact) mass is 384 g/mol. The fraction of sp³-hybridized carbons (Fsp3) is 0.0909. The van der Waals surface area contributed by atoms with Crippen molar-refractivity contribution in [2.24, 2.45) is 0 Å². The number of hydrogen-bond acceptors (Lipinski definition) is 6. The molecule has 0 aliphatic carbocycles. The van der Waals surface area contributed by atoms with E-state index in [-0.39, 0.29) is 0 Å². The van der Waals surface area contributed by atoms with Gasteiger partial charge >= 0.3 is 0 Å². The van der Waals surface area contributed by atoms with E-state index in [2.05, 4.69) is 27.0 Å². The fourth-order valence-corrected chi connectivity index (χ4v) is 3.91. The third-order valence-electron chi connectivity index (χ3n) is 4.48. The second-order valence-corrected chi connectivity index (χ2v) is 7.51. The maximum absolute atomic E-state index is 11.3. The number of carbonyl (C=O) groups is 1. The average Bonchev–Trinajstić information content (AvgIpc) is 3.12. The molecule has 0 N–H and O–H groups in total. The fourth-order valence-electron chi connectivity index (χ4n) is 3.01. The summed E-state index contributed by atoms with van der Waals surface area (Å²) in [6.07, 6.45) is 2.57. The number of anilines is 2. The Morgan fingerprint density at radius 2 is 2.00 bits per heavy atom. The van der Waals surface area contributed by atoms with E-state index in [4.69, 9.17) is 5.26 Å². The van der Waals surface area contributed by atoms with Crippen molar-refractivity contribution in [3.63, 3.8) is 0 Å². The van der Waals surface area contributed by atoms with E-state index in [1.165, 1.54) is 11.3 Å². The molecule has 4 rings (SSSR count). The van der Waals surface area contributed by atoms with Gasteiger partial charge in [0.25, 0.3) is 0 Å². The highest BCUT2D eigenvalue weighted by Crippen LogP contribution is 2.33. The van der Waals surface area contributed by atoms with Gasteiger partial charge < -0.3 is 4.90 Å². The molecule has 0 spiro atoms. The summed E-state index contributed by atoms with van der Waals surface area (Å²) >= 11 is 1.48. The minimum atomic E-state index is 0.460. The lowest BCUT2D eigenvalue weighted by Gasteiger charge is -2.22. The topological polar surface area (TPSA) is 69.9 Å². The van der Waals surface area contributed by atoms with Crippen LogP contribution in [0.3, 0.4) is 0 Å². The van der Waals surface area contributed by atoms with Gasteiger partial charge in [0, 0.05) is 22.1 Å². The number of hydrogen-bond donors (Lipinski definition) is 0. The molecule has 5 nitrogen and oxygen atoms in total. The van der Waals surface area contributed by atoms with Gasteiger partial charge in [-0.15, -0.1) is 11.3 Å². The highest BCUT2D eigenvalue weighted by Gasteiger charge is 2.17. The van der Waals surface area contributed by atoms with Crippen molar-refractivity contribution in [2.75, 3.05) is 4.90 Å². The molecule has 6 heteroatoms. The molecule has 0 aliphatic heterocycles. The largest absolute Gasteiger partial charge is 0.313 e. The number of rotatable bonds is 5. The first-order valence-corrected chi connectivity index (χ1v) is 9.53. The van der Waals surface area contributed by atoms with Gasteiger partial charge in [0.1, 0.15) is 5.69 Å². The van der Waals surface area contributed by atoms with E-state index in [0.29, 0.717) is 17.8 Å². The van der Waals surface area contributed by atoms with E-state index < -0.39 is 0 Å². The highest BCUT2D eigenvalue weighted by atomic mass is 32.1. The SMILES string of the molecule is Cc1sc(N(Cc2ccc3ncccc3c2)c2ccc(C#N)cc2)nc1C=O. The van der Waals surface area contributed by atoms with Crippen LogP contribution in [0.25, 0.3) is 10.9 Å². The molecular formula is C22H16N4OS. The molecule has 2 heterocycles. The van der Waals surface area contributed by atoms with Crippen LogP contribution in [0.15, 0.2) is 60.8 Å². The summed E-state index contributed by atoms with van der Waals surface area (Å²) in [7, 11) is 0. The second-order valence-electron chi connectivity index (χ2n) is 6.33. The van der Waals surface area contributed by atoms with Crippen molar-refractivity contribution in [3.05, 3.63) is 82.5 Å². The highest BCUT2D eigenvalue weighted by molar-refractivity contribution is 7.15. The summed E-state index contributed by atoms with van der Waals surface area (Å²) < 4.78 is 0. The van der Waals surface area contributed by atoms with Gasteiger partial charge in [0.2, 0.25) is 0 Å². The second kappa shape index (κ2) is 7.59. The Morgan fingerprint density at radius 3 is 2.71 bits per heavy atom. The number of pyridine rings is 1. The van der Waals surface area contributed by atoms with Crippen LogP contribution in [-0.4, -0.2) is 16.3 Å². The summed E-state index contributed by atoms with van der Waals surface area (Å²) in [5.41, 5.74) is 4.03. The molecule has 0 amide bonds. The Hall–Kier alpha value is -3.56. The zero-order valence-corrected chi connectivity index (χ0v) is 16.0. The third kappa shape index (κ3) is 3.48. The number of nitriles is 1. The molecule has 0 unspecified atom stereocenters. The first kappa shape index (κ1) is 17.8. The number of aldehydes is 1. The van der Waals surface area contributed by atoms with Gasteiger partial charge in [-0.1, -0.05) is 12.1 Å². The first-order valence-electron chi connectivity index (χ1n) is 8.72. The number of thiazole rings is 1. The molecular weight excluding hydrogens is 368 g/mol. The number of carbonyl (C=O) groups excluding carboxylic acids is 1. The number of aryl methyl sites for hydroxylation is 1. The summed E-state index contributed by atoms with van der Waals surface area (Å²) in [6.45, 7) is 2.48. The van der Waals surface area contributed by atoms with Gasteiger partial charge in [-0.25, -0.2) is 4.98 Å². The average molecular weight is 384 g/mol. The van der Waals surface area contributed by atoms with Crippen molar-refractivity contribution < 1.29 is 4.79 Å². The smallest absolute Gasteiger partial charge is 0.191 e. The lowest BCUT2D eigenvalue weighted by molar-refractivity contribution is 0.111. The summed E-state index contributed by atoms with van der Waals surface area (Å²) in [5.74, 6) is 0. The molecule has 4 aromatic rings. The molecule has 0 fully saturated rings. The van der Waals surface area contributed by atoms with Crippen LogP contribution in [0.2, 0.25) is 0 Å². The predicted octanol–water partition coefficient (Wildman–Crippen LogP) is 5.02. The maximum atomic E-state index is 11.3. The van der Waals surface area contributed by atoms with E-state index >= 15 is 0 Å². The van der Waals surface area contributed by atoms with Crippen molar-refractivity contribution in [1.29, 1.82) is 5.26 Å². The molecule has 0 atom stereocenters. The van der Waals surface area contributed by atoms with E-state index in [0.717, 1.165) is 38.4 Å². The van der Waals surface area contributed by atoms with Gasteiger partial charge in [-0.05, 0) is 55.0 Å². The van der Waals surface area contributed by atoms with Gasteiger partial charge in [-0.2, -0.15) is 5.26 Å². The van der Waals surface area contributed by atoms with Crippen molar-refractivity contribution in [3.8, 4) is 6.07 Å². The molecule has 0 radical (unpaired) electrons. The minimum Gasteiger partial charge on any atom is -0.313 e. The maximum Gasteiger partial charge on any atom is 0.191 e. The van der Waals surface area contributed by atoms with Crippen molar-refractivity contribution >= 4 is 39.3 Å². The molecule has 28 heavy (non-hydrogen) atoms. The van der Waals surface area contributed by atoms with Crippen molar-refractivity contribution in [2.45, 2.75) is 13.5 Å². The van der Waals surface area contributed by atoms with Crippen LogP contribution in [0, 0.1) is 18.3 Å². The Morgan fingerprint density at radius 1 is 1.18 bits per heavy atom. The van der Waals surface area contributed by atoms with E-state index in [9.17, 15) is 4.79 Å².